The minimum Gasteiger partial charge on any atom is -0.497 e. The topological polar surface area (TPSA) is 18.5 Å². The number of halogens is 1. The highest BCUT2D eigenvalue weighted by Gasteiger charge is 2.10. The van der Waals surface area contributed by atoms with Gasteiger partial charge in [0.25, 0.3) is 0 Å². The SMILES string of the molecule is C/C=C(/C)C#Cc1cc(OC)cc(OC)c1F. The van der Waals surface area contributed by atoms with Crippen molar-refractivity contribution in [2.45, 2.75) is 13.8 Å². The molecular weight excluding hydrogens is 219 g/mol. The molecule has 0 saturated heterocycles. The van der Waals surface area contributed by atoms with Gasteiger partial charge in [0.1, 0.15) is 5.75 Å². The average Bonchev–Trinajstić information content (AvgIpc) is 2.37. The van der Waals surface area contributed by atoms with E-state index in [1.165, 1.54) is 20.3 Å². The zero-order valence-corrected chi connectivity index (χ0v) is 10.4. The Labute approximate surface area is 101 Å². The van der Waals surface area contributed by atoms with Crippen molar-refractivity contribution in [3.05, 3.63) is 35.2 Å². The smallest absolute Gasteiger partial charge is 0.180 e. The van der Waals surface area contributed by atoms with Crippen molar-refractivity contribution in [1.82, 2.24) is 0 Å². The lowest BCUT2D eigenvalue weighted by Crippen LogP contribution is -1.94. The molecule has 0 N–H and O–H groups in total. The molecule has 0 aliphatic rings. The normalized spacial score (nSPS) is 10.5. The van der Waals surface area contributed by atoms with Gasteiger partial charge in [0.2, 0.25) is 0 Å². The molecule has 0 aromatic heterocycles. The summed E-state index contributed by atoms with van der Waals surface area (Å²) in [7, 11) is 2.92. The van der Waals surface area contributed by atoms with Crippen molar-refractivity contribution < 1.29 is 13.9 Å². The second kappa shape index (κ2) is 5.95. The Morgan fingerprint density at radius 3 is 2.53 bits per heavy atom. The average molecular weight is 234 g/mol. The molecule has 0 saturated carbocycles. The Hall–Kier alpha value is -1.95. The van der Waals surface area contributed by atoms with Crippen molar-refractivity contribution in [2.75, 3.05) is 14.2 Å². The first-order chi connectivity index (χ1) is 8.12. The van der Waals surface area contributed by atoms with Crippen molar-refractivity contribution in [2.24, 2.45) is 0 Å². The molecule has 0 amide bonds. The molecule has 2 nitrogen and oxygen atoms in total. The number of hydrogen-bond acceptors (Lipinski definition) is 2. The van der Waals surface area contributed by atoms with E-state index in [4.69, 9.17) is 9.47 Å². The van der Waals surface area contributed by atoms with Crippen LogP contribution in [0.1, 0.15) is 19.4 Å². The maximum Gasteiger partial charge on any atom is 0.180 e. The van der Waals surface area contributed by atoms with E-state index in [0.29, 0.717) is 5.75 Å². The summed E-state index contributed by atoms with van der Waals surface area (Å²) in [5, 5.41) is 0. The zero-order valence-electron chi connectivity index (χ0n) is 10.4. The van der Waals surface area contributed by atoms with E-state index in [0.717, 1.165) is 5.57 Å². The fourth-order valence-electron chi connectivity index (χ4n) is 1.17. The molecule has 0 aliphatic carbocycles. The first kappa shape index (κ1) is 13.1. The monoisotopic (exact) mass is 234 g/mol. The van der Waals surface area contributed by atoms with E-state index >= 15 is 0 Å². The van der Waals surface area contributed by atoms with Crippen LogP contribution in [0.15, 0.2) is 23.8 Å². The van der Waals surface area contributed by atoms with Gasteiger partial charge in [-0.3, -0.25) is 0 Å². The van der Waals surface area contributed by atoms with Crippen LogP contribution in [0.2, 0.25) is 0 Å². The molecule has 0 atom stereocenters. The molecule has 0 aliphatic heterocycles. The third-order valence-electron chi connectivity index (χ3n) is 2.30. The summed E-state index contributed by atoms with van der Waals surface area (Å²) in [5.74, 6) is 5.79. The second-order valence-corrected chi connectivity index (χ2v) is 3.41. The van der Waals surface area contributed by atoms with Gasteiger partial charge < -0.3 is 9.47 Å². The molecule has 1 aromatic carbocycles. The van der Waals surface area contributed by atoms with Gasteiger partial charge in [0.15, 0.2) is 11.6 Å². The van der Waals surface area contributed by atoms with Crippen LogP contribution in [0.3, 0.4) is 0 Å². The van der Waals surface area contributed by atoms with Crippen LogP contribution in [0.25, 0.3) is 0 Å². The molecule has 1 aromatic rings. The highest BCUT2D eigenvalue weighted by molar-refractivity contribution is 5.49. The maximum atomic E-state index is 13.8. The Kier molecular flexibility index (Phi) is 4.59. The van der Waals surface area contributed by atoms with E-state index in [9.17, 15) is 4.39 Å². The standard InChI is InChI=1S/C14H15FO2/c1-5-10(2)6-7-11-8-12(16-3)9-13(17-4)14(11)15/h5,8-9H,1-4H3/b10-5-. The molecule has 0 heterocycles. The van der Waals surface area contributed by atoms with Crippen LogP contribution in [-0.2, 0) is 0 Å². The van der Waals surface area contributed by atoms with E-state index in [1.807, 2.05) is 19.9 Å². The van der Waals surface area contributed by atoms with E-state index in [-0.39, 0.29) is 11.3 Å². The summed E-state index contributed by atoms with van der Waals surface area (Å²) in [6.07, 6.45) is 1.86. The predicted molar refractivity (Wildman–Crippen MR) is 65.8 cm³/mol. The van der Waals surface area contributed by atoms with Gasteiger partial charge in [-0.2, -0.15) is 0 Å². The van der Waals surface area contributed by atoms with Gasteiger partial charge in [0.05, 0.1) is 19.8 Å². The molecule has 3 heteroatoms. The summed E-state index contributed by atoms with van der Waals surface area (Å²) in [6, 6.07) is 3.04. The highest BCUT2D eigenvalue weighted by Crippen LogP contribution is 2.26. The summed E-state index contributed by atoms with van der Waals surface area (Å²) in [6.45, 7) is 3.74. The predicted octanol–water partition coefficient (Wildman–Crippen LogP) is 3.16. The van der Waals surface area contributed by atoms with E-state index in [2.05, 4.69) is 11.8 Å². The quantitative estimate of drug-likeness (QED) is 0.732. The number of methoxy groups -OCH3 is 2. The number of allylic oxidation sites excluding steroid dienone is 2. The van der Waals surface area contributed by atoms with Gasteiger partial charge in [0, 0.05) is 6.07 Å². The molecule has 17 heavy (non-hydrogen) atoms. The summed E-state index contributed by atoms with van der Waals surface area (Å²) in [5.41, 5.74) is 1.15. The molecule has 0 radical (unpaired) electrons. The van der Waals surface area contributed by atoms with Gasteiger partial charge in [-0.1, -0.05) is 17.9 Å². The number of benzene rings is 1. The number of rotatable bonds is 2. The van der Waals surface area contributed by atoms with Crippen molar-refractivity contribution >= 4 is 0 Å². The summed E-state index contributed by atoms with van der Waals surface area (Å²) < 4.78 is 23.8. The summed E-state index contributed by atoms with van der Waals surface area (Å²) >= 11 is 0. The minimum absolute atomic E-state index is 0.131. The molecule has 0 bridgehead atoms. The Bertz CT molecular complexity index is 493. The Morgan fingerprint density at radius 1 is 1.29 bits per heavy atom. The Morgan fingerprint density at radius 2 is 2.00 bits per heavy atom. The van der Waals surface area contributed by atoms with Crippen molar-refractivity contribution in [3.63, 3.8) is 0 Å². The van der Waals surface area contributed by atoms with Gasteiger partial charge in [-0.15, -0.1) is 0 Å². The molecule has 0 spiro atoms. The van der Waals surface area contributed by atoms with Crippen LogP contribution < -0.4 is 9.47 Å². The van der Waals surface area contributed by atoms with Gasteiger partial charge in [-0.25, -0.2) is 4.39 Å². The fourth-order valence-corrected chi connectivity index (χ4v) is 1.17. The van der Waals surface area contributed by atoms with Gasteiger partial charge >= 0.3 is 0 Å². The second-order valence-electron chi connectivity index (χ2n) is 3.41. The lowest BCUT2D eigenvalue weighted by Gasteiger charge is -2.06. The summed E-state index contributed by atoms with van der Waals surface area (Å²) in [4.78, 5) is 0. The van der Waals surface area contributed by atoms with Crippen LogP contribution in [0.4, 0.5) is 4.39 Å². The molecular formula is C14H15FO2. The zero-order chi connectivity index (χ0) is 12.8. The first-order valence-corrected chi connectivity index (χ1v) is 5.18. The number of ether oxygens (including phenoxy) is 2. The van der Waals surface area contributed by atoms with Gasteiger partial charge in [-0.05, 0) is 25.5 Å². The molecule has 0 unspecified atom stereocenters. The van der Waals surface area contributed by atoms with Crippen LogP contribution in [-0.4, -0.2) is 14.2 Å². The van der Waals surface area contributed by atoms with Crippen LogP contribution in [0.5, 0.6) is 11.5 Å². The molecule has 90 valence electrons. The lowest BCUT2D eigenvalue weighted by atomic mass is 10.1. The van der Waals surface area contributed by atoms with E-state index in [1.54, 1.807) is 6.07 Å². The maximum absolute atomic E-state index is 13.8. The highest BCUT2D eigenvalue weighted by atomic mass is 19.1. The van der Waals surface area contributed by atoms with Crippen molar-refractivity contribution in [3.8, 4) is 23.3 Å². The third kappa shape index (κ3) is 3.25. The molecule has 1 rings (SSSR count). The fraction of sp³-hybridized carbons (Fsp3) is 0.286. The van der Waals surface area contributed by atoms with Crippen LogP contribution >= 0.6 is 0 Å². The largest absolute Gasteiger partial charge is 0.497 e. The number of hydrogen-bond donors (Lipinski definition) is 0. The third-order valence-corrected chi connectivity index (χ3v) is 2.30. The lowest BCUT2D eigenvalue weighted by molar-refractivity contribution is 0.373. The van der Waals surface area contributed by atoms with E-state index < -0.39 is 5.82 Å². The Balaban J connectivity index is 3.26. The first-order valence-electron chi connectivity index (χ1n) is 5.18. The van der Waals surface area contributed by atoms with Crippen LogP contribution in [0, 0.1) is 17.7 Å². The minimum atomic E-state index is -0.468. The van der Waals surface area contributed by atoms with Crippen molar-refractivity contribution in [1.29, 1.82) is 0 Å². The molecule has 0 fully saturated rings.